The molecule has 4 heteroatoms. The van der Waals surface area contributed by atoms with Crippen molar-refractivity contribution in [2.24, 2.45) is 5.92 Å². The van der Waals surface area contributed by atoms with E-state index in [0.29, 0.717) is 11.5 Å². The molecule has 98 valence electrons. The van der Waals surface area contributed by atoms with Crippen LogP contribution in [-0.4, -0.2) is 19.1 Å². The highest BCUT2D eigenvalue weighted by Crippen LogP contribution is 2.25. The minimum Gasteiger partial charge on any atom is -0.494 e. The van der Waals surface area contributed by atoms with Crippen molar-refractivity contribution in [1.82, 2.24) is 5.32 Å². The van der Waals surface area contributed by atoms with Gasteiger partial charge in [0, 0.05) is 11.6 Å². The quantitative estimate of drug-likeness (QED) is 0.897. The number of carbonyl (C=O) groups is 1. The molecule has 0 heterocycles. The van der Waals surface area contributed by atoms with E-state index in [1.54, 1.807) is 6.07 Å². The molecule has 1 aliphatic carbocycles. The zero-order valence-electron chi connectivity index (χ0n) is 10.7. The average Bonchev–Trinajstić information content (AvgIpc) is 2.75. The van der Waals surface area contributed by atoms with Crippen molar-refractivity contribution >= 4 is 5.91 Å². The summed E-state index contributed by atoms with van der Waals surface area (Å²) < 4.78 is 18.3. The molecule has 0 aliphatic heterocycles. The Balaban J connectivity index is 2.07. The van der Waals surface area contributed by atoms with Crippen LogP contribution < -0.4 is 10.1 Å². The second-order valence-electron chi connectivity index (χ2n) is 4.84. The fraction of sp³-hybridized carbons (Fsp3) is 0.500. The number of methoxy groups -OCH3 is 1. The van der Waals surface area contributed by atoms with E-state index in [9.17, 15) is 9.18 Å². The van der Waals surface area contributed by atoms with Crippen molar-refractivity contribution in [3.05, 3.63) is 29.6 Å². The second-order valence-corrected chi connectivity index (χ2v) is 4.84. The molecule has 2 unspecified atom stereocenters. The van der Waals surface area contributed by atoms with Gasteiger partial charge in [0.05, 0.1) is 7.11 Å². The van der Waals surface area contributed by atoms with Crippen LogP contribution in [0.25, 0.3) is 0 Å². The lowest BCUT2D eigenvalue weighted by atomic mass is 10.1. The summed E-state index contributed by atoms with van der Waals surface area (Å²) in [6, 6.07) is 4.48. The lowest BCUT2D eigenvalue weighted by Gasteiger charge is -2.17. The Labute approximate surface area is 106 Å². The third-order valence-corrected chi connectivity index (χ3v) is 3.59. The molecular formula is C14H18FNO2. The van der Waals surface area contributed by atoms with Crippen LogP contribution in [0.3, 0.4) is 0 Å². The number of amides is 1. The highest BCUT2D eigenvalue weighted by atomic mass is 19.1. The number of hydrogen-bond acceptors (Lipinski definition) is 2. The van der Waals surface area contributed by atoms with E-state index in [4.69, 9.17) is 4.74 Å². The van der Waals surface area contributed by atoms with E-state index in [1.165, 1.54) is 19.2 Å². The van der Waals surface area contributed by atoms with Gasteiger partial charge < -0.3 is 10.1 Å². The van der Waals surface area contributed by atoms with Crippen molar-refractivity contribution in [1.29, 1.82) is 0 Å². The normalized spacial score (nSPS) is 22.8. The van der Waals surface area contributed by atoms with Crippen molar-refractivity contribution < 1.29 is 13.9 Å². The minimum absolute atomic E-state index is 0.154. The number of nitrogens with one attached hydrogen (secondary N) is 1. The van der Waals surface area contributed by atoms with Crippen molar-refractivity contribution in [3.8, 4) is 5.75 Å². The lowest BCUT2D eigenvalue weighted by Crippen LogP contribution is -2.36. The van der Waals surface area contributed by atoms with Gasteiger partial charge in [-0.25, -0.2) is 4.39 Å². The van der Waals surface area contributed by atoms with E-state index in [0.717, 1.165) is 19.3 Å². The SMILES string of the molecule is COc1ccc(C(=O)NC2CCCC2C)cc1F. The van der Waals surface area contributed by atoms with Gasteiger partial charge in [0.1, 0.15) is 0 Å². The summed E-state index contributed by atoms with van der Waals surface area (Å²) in [5.41, 5.74) is 0.340. The maximum atomic E-state index is 13.5. The molecule has 18 heavy (non-hydrogen) atoms. The Morgan fingerprint density at radius 3 is 2.78 bits per heavy atom. The zero-order valence-corrected chi connectivity index (χ0v) is 10.7. The number of halogens is 1. The van der Waals surface area contributed by atoms with E-state index in [-0.39, 0.29) is 17.7 Å². The van der Waals surface area contributed by atoms with Crippen LogP contribution in [-0.2, 0) is 0 Å². The summed E-state index contributed by atoms with van der Waals surface area (Å²) in [7, 11) is 1.40. The van der Waals surface area contributed by atoms with Gasteiger partial charge in [-0.3, -0.25) is 4.79 Å². The number of benzene rings is 1. The van der Waals surface area contributed by atoms with Crippen molar-refractivity contribution in [2.45, 2.75) is 32.2 Å². The molecule has 0 saturated heterocycles. The Morgan fingerprint density at radius 2 is 2.22 bits per heavy atom. The van der Waals surface area contributed by atoms with Gasteiger partial charge >= 0.3 is 0 Å². The third kappa shape index (κ3) is 2.63. The van der Waals surface area contributed by atoms with E-state index >= 15 is 0 Å². The smallest absolute Gasteiger partial charge is 0.251 e. The summed E-state index contributed by atoms with van der Waals surface area (Å²) in [6.07, 6.45) is 3.29. The summed E-state index contributed by atoms with van der Waals surface area (Å²) in [6.45, 7) is 2.13. The van der Waals surface area contributed by atoms with Crippen LogP contribution in [0.5, 0.6) is 5.75 Å². The Bertz CT molecular complexity index is 447. The fourth-order valence-electron chi connectivity index (χ4n) is 2.42. The molecule has 1 aliphatic rings. The van der Waals surface area contributed by atoms with Crippen LogP contribution in [0.15, 0.2) is 18.2 Å². The molecule has 1 aromatic rings. The number of ether oxygens (including phenoxy) is 1. The molecule has 1 aromatic carbocycles. The van der Waals surface area contributed by atoms with Crippen LogP contribution in [0.1, 0.15) is 36.5 Å². The molecule has 0 bridgehead atoms. The number of hydrogen-bond donors (Lipinski definition) is 1. The van der Waals surface area contributed by atoms with E-state index in [1.807, 2.05) is 0 Å². The molecule has 0 radical (unpaired) electrons. The summed E-state index contributed by atoms with van der Waals surface area (Å²) >= 11 is 0. The zero-order chi connectivity index (χ0) is 13.1. The highest BCUT2D eigenvalue weighted by molar-refractivity contribution is 5.94. The summed E-state index contributed by atoms with van der Waals surface area (Å²) in [4.78, 5) is 12.0. The standard InChI is InChI=1S/C14H18FNO2/c1-9-4-3-5-12(9)16-14(17)10-6-7-13(18-2)11(15)8-10/h6-9,12H,3-5H2,1-2H3,(H,16,17). The molecular weight excluding hydrogens is 233 g/mol. The van der Waals surface area contributed by atoms with E-state index in [2.05, 4.69) is 12.2 Å². The number of rotatable bonds is 3. The van der Waals surface area contributed by atoms with Crippen molar-refractivity contribution in [3.63, 3.8) is 0 Å². The third-order valence-electron chi connectivity index (χ3n) is 3.59. The predicted octanol–water partition coefficient (Wildman–Crippen LogP) is 2.75. The average molecular weight is 251 g/mol. The molecule has 3 nitrogen and oxygen atoms in total. The van der Waals surface area contributed by atoms with Gasteiger partial charge in [-0.1, -0.05) is 13.3 Å². The maximum Gasteiger partial charge on any atom is 0.251 e. The molecule has 1 saturated carbocycles. The molecule has 0 aromatic heterocycles. The predicted molar refractivity (Wildman–Crippen MR) is 67.2 cm³/mol. The number of carbonyl (C=O) groups excluding carboxylic acids is 1. The topological polar surface area (TPSA) is 38.3 Å². The highest BCUT2D eigenvalue weighted by Gasteiger charge is 2.25. The molecule has 0 spiro atoms. The molecule has 2 rings (SSSR count). The summed E-state index contributed by atoms with van der Waals surface area (Å²) in [5.74, 6) is -0.0715. The summed E-state index contributed by atoms with van der Waals surface area (Å²) in [5, 5.41) is 2.96. The molecule has 1 fully saturated rings. The maximum absolute atomic E-state index is 13.5. The first-order chi connectivity index (χ1) is 8.61. The molecule has 1 amide bonds. The molecule has 1 N–H and O–H groups in total. The van der Waals surface area contributed by atoms with Gasteiger partial charge in [0.2, 0.25) is 0 Å². The van der Waals surface area contributed by atoms with Crippen LogP contribution in [0, 0.1) is 11.7 Å². The van der Waals surface area contributed by atoms with Gasteiger partial charge in [0.25, 0.3) is 5.91 Å². The molecule has 2 atom stereocenters. The monoisotopic (exact) mass is 251 g/mol. The van der Waals surface area contributed by atoms with Crippen LogP contribution in [0.4, 0.5) is 4.39 Å². The van der Waals surface area contributed by atoms with Gasteiger partial charge in [0.15, 0.2) is 11.6 Å². The van der Waals surface area contributed by atoms with Gasteiger partial charge in [-0.15, -0.1) is 0 Å². The Hall–Kier alpha value is -1.58. The minimum atomic E-state index is -0.510. The Kier molecular flexibility index (Phi) is 3.84. The first-order valence-electron chi connectivity index (χ1n) is 6.26. The largest absolute Gasteiger partial charge is 0.494 e. The van der Waals surface area contributed by atoms with Crippen molar-refractivity contribution in [2.75, 3.05) is 7.11 Å². The second kappa shape index (κ2) is 5.38. The lowest BCUT2D eigenvalue weighted by molar-refractivity contribution is 0.0929. The van der Waals surface area contributed by atoms with Crippen LogP contribution >= 0.6 is 0 Å². The van der Waals surface area contributed by atoms with Crippen LogP contribution in [0.2, 0.25) is 0 Å². The van der Waals surface area contributed by atoms with Gasteiger partial charge in [-0.05, 0) is 37.0 Å². The Morgan fingerprint density at radius 1 is 1.44 bits per heavy atom. The van der Waals surface area contributed by atoms with Gasteiger partial charge in [-0.2, -0.15) is 0 Å². The fourth-order valence-corrected chi connectivity index (χ4v) is 2.42. The first-order valence-corrected chi connectivity index (χ1v) is 6.26. The van der Waals surface area contributed by atoms with E-state index < -0.39 is 5.82 Å². The first kappa shape index (κ1) is 12.9.